The number of carbonyl (C=O) groups is 2. The Morgan fingerprint density at radius 1 is 0.963 bits per heavy atom. The van der Waals surface area contributed by atoms with Crippen molar-refractivity contribution in [3.05, 3.63) is 65.2 Å². The van der Waals surface area contributed by atoms with Gasteiger partial charge in [0.1, 0.15) is 0 Å². The van der Waals surface area contributed by atoms with Crippen molar-refractivity contribution in [2.75, 3.05) is 13.7 Å². The summed E-state index contributed by atoms with van der Waals surface area (Å²) in [6.45, 7) is 0.707. The van der Waals surface area contributed by atoms with E-state index in [4.69, 9.17) is 5.14 Å². The maximum absolute atomic E-state index is 11.8. The monoisotopic (exact) mass is 391 g/mol. The van der Waals surface area contributed by atoms with Gasteiger partial charge in [-0.25, -0.2) is 23.1 Å². The van der Waals surface area contributed by atoms with Gasteiger partial charge in [0.05, 0.1) is 17.6 Å². The van der Waals surface area contributed by atoms with Gasteiger partial charge < -0.3 is 15.4 Å². The number of sulfonamides is 1. The second kappa shape index (κ2) is 9.15. The fourth-order valence-corrected chi connectivity index (χ4v) is 2.80. The average molecular weight is 391 g/mol. The van der Waals surface area contributed by atoms with Crippen LogP contribution in [0.4, 0.5) is 4.79 Å². The van der Waals surface area contributed by atoms with Crippen LogP contribution in [0.15, 0.2) is 53.4 Å². The summed E-state index contributed by atoms with van der Waals surface area (Å²) in [5.74, 6) is -0.413. The van der Waals surface area contributed by atoms with Crippen molar-refractivity contribution in [1.29, 1.82) is 0 Å². The Morgan fingerprint density at radius 3 is 2.11 bits per heavy atom. The van der Waals surface area contributed by atoms with Crippen LogP contribution >= 0.6 is 0 Å². The highest BCUT2D eigenvalue weighted by Crippen LogP contribution is 2.09. The summed E-state index contributed by atoms with van der Waals surface area (Å²) < 4.78 is 27.0. The molecule has 0 spiro atoms. The van der Waals surface area contributed by atoms with Crippen molar-refractivity contribution in [2.24, 2.45) is 5.14 Å². The SMILES string of the molecule is COC(=O)c1ccc(CNC(=O)NCCc2ccc(S(N)(=O)=O)cc2)cc1. The molecule has 0 aromatic heterocycles. The number of hydrogen-bond acceptors (Lipinski definition) is 5. The fourth-order valence-electron chi connectivity index (χ4n) is 2.29. The summed E-state index contributed by atoms with van der Waals surface area (Å²) in [7, 11) is -2.39. The first kappa shape index (κ1) is 20.4. The number of ether oxygens (including phenoxy) is 1. The van der Waals surface area contributed by atoms with E-state index >= 15 is 0 Å². The van der Waals surface area contributed by atoms with E-state index in [0.717, 1.165) is 11.1 Å². The van der Waals surface area contributed by atoms with Crippen LogP contribution in [0.5, 0.6) is 0 Å². The molecule has 2 aromatic carbocycles. The van der Waals surface area contributed by atoms with E-state index in [1.807, 2.05) is 0 Å². The summed E-state index contributed by atoms with van der Waals surface area (Å²) >= 11 is 0. The van der Waals surface area contributed by atoms with E-state index < -0.39 is 16.0 Å². The molecule has 144 valence electrons. The zero-order valence-corrected chi connectivity index (χ0v) is 15.6. The standard InChI is InChI=1S/C18H21N3O5S/c1-26-17(22)15-6-2-14(3-7-15)12-21-18(23)20-11-10-13-4-8-16(9-5-13)27(19,24)25/h2-9H,10-12H2,1H3,(H2,19,24,25)(H2,20,21,23). The Balaban J connectivity index is 1.74. The first-order chi connectivity index (χ1) is 12.8. The molecule has 0 saturated heterocycles. The second-order valence-electron chi connectivity index (χ2n) is 5.74. The number of methoxy groups -OCH3 is 1. The Labute approximate surface area is 157 Å². The molecule has 2 rings (SSSR count). The van der Waals surface area contributed by atoms with Gasteiger partial charge in [0.15, 0.2) is 0 Å². The summed E-state index contributed by atoms with van der Waals surface area (Å²) in [6.07, 6.45) is 0.548. The Morgan fingerprint density at radius 2 is 1.56 bits per heavy atom. The molecule has 8 nitrogen and oxygen atoms in total. The zero-order chi connectivity index (χ0) is 19.9. The number of nitrogens with two attached hydrogens (primary N) is 1. The highest BCUT2D eigenvalue weighted by Gasteiger charge is 2.07. The second-order valence-corrected chi connectivity index (χ2v) is 7.30. The van der Waals surface area contributed by atoms with Crippen LogP contribution in [0, 0.1) is 0 Å². The minimum Gasteiger partial charge on any atom is -0.465 e. The molecule has 0 unspecified atom stereocenters. The largest absolute Gasteiger partial charge is 0.465 e. The van der Waals surface area contributed by atoms with Crippen molar-refractivity contribution in [3.63, 3.8) is 0 Å². The molecular weight excluding hydrogens is 370 g/mol. The number of carbonyl (C=O) groups excluding carboxylic acids is 2. The van der Waals surface area contributed by atoms with Crippen LogP contribution in [0.3, 0.4) is 0 Å². The van der Waals surface area contributed by atoms with Gasteiger partial charge in [-0.3, -0.25) is 0 Å². The Kier molecular flexibility index (Phi) is 6.91. The number of urea groups is 1. The molecule has 27 heavy (non-hydrogen) atoms. The van der Waals surface area contributed by atoms with E-state index in [9.17, 15) is 18.0 Å². The molecule has 0 radical (unpaired) electrons. The summed E-state index contributed by atoms with van der Waals surface area (Å²) in [5, 5.41) is 10.5. The van der Waals surface area contributed by atoms with Gasteiger partial charge in [0.2, 0.25) is 10.0 Å². The summed E-state index contributed by atoms with van der Waals surface area (Å²) in [4.78, 5) is 23.2. The first-order valence-corrected chi connectivity index (χ1v) is 9.65. The number of nitrogens with one attached hydrogen (secondary N) is 2. The van der Waals surface area contributed by atoms with Crippen molar-refractivity contribution in [2.45, 2.75) is 17.9 Å². The quantitative estimate of drug-likeness (QED) is 0.610. The third kappa shape index (κ3) is 6.39. The van der Waals surface area contributed by atoms with Gasteiger partial charge in [-0.15, -0.1) is 0 Å². The summed E-state index contributed by atoms with van der Waals surface area (Å²) in [5.41, 5.74) is 2.16. The molecule has 0 saturated carbocycles. The van der Waals surface area contributed by atoms with Crippen LogP contribution in [0.2, 0.25) is 0 Å². The zero-order valence-electron chi connectivity index (χ0n) is 14.8. The molecule has 9 heteroatoms. The minimum atomic E-state index is -3.70. The normalized spacial score (nSPS) is 10.9. The van der Waals surface area contributed by atoms with Gasteiger partial charge in [0.25, 0.3) is 0 Å². The fraction of sp³-hybridized carbons (Fsp3) is 0.222. The predicted octanol–water partition coefficient (Wildman–Crippen LogP) is 1.16. The van der Waals surface area contributed by atoms with Crippen LogP contribution in [-0.4, -0.2) is 34.1 Å². The average Bonchev–Trinajstić information content (AvgIpc) is 2.66. The molecule has 0 fully saturated rings. The van der Waals surface area contributed by atoms with Gasteiger partial charge in [-0.1, -0.05) is 24.3 Å². The molecule has 0 bridgehead atoms. The van der Waals surface area contributed by atoms with Crippen LogP contribution in [-0.2, 0) is 27.7 Å². The lowest BCUT2D eigenvalue weighted by Gasteiger charge is -2.08. The molecule has 0 atom stereocenters. The molecular formula is C18H21N3O5S. The maximum Gasteiger partial charge on any atom is 0.337 e. The highest BCUT2D eigenvalue weighted by molar-refractivity contribution is 7.89. The Hall–Kier alpha value is -2.91. The Bertz CT molecular complexity index is 894. The topological polar surface area (TPSA) is 128 Å². The van der Waals surface area contributed by atoms with Crippen molar-refractivity contribution < 1.29 is 22.7 Å². The van der Waals surface area contributed by atoms with Crippen LogP contribution < -0.4 is 15.8 Å². The number of primary sulfonamides is 1. The van der Waals surface area contributed by atoms with Crippen molar-refractivity contribution >= 4 is 22.0 Å². The molecule has 2 aromatic rings. The molecule has 0 aliphatic heterocycles. The van der Waals surface area contributed by atoms with Crippen LogP contribution in [0.25, 0.3) is 0 Å². The van der Waals surface area contributed by atoms with Gasteiger partial charge >= 0.3 is 12.0 Å². The lowest BCUT2D eigenvalue weighted by Crippen LogP contribution is -2.36. The number of esters is 1. The van der Waals surface area contributed by atoms with E-state index in [1.165, 1.54) is 19.2 Å². The van der Waals surface area contributed by atoms with Crippen molar-refractivity contribution in [1.82, 2.24) is 10.6 Å². The van der Waals surface area contributed by atoms with Gasteiger partial charge in [0, 0.05) is 13.1 Å². The number of benzene rings is 2. The van der Waals surface area contributed by atoms with Gasteiger partial charge in [-0.2, -0.15) is 0 Å². The van der Waals surface area contributed by atoms with E-state index in [2.05, 4.69) is 15.4 Å². The molecule has 0 heterocycles. The first-order valence-electron chi connectivity index (χ1n) is 8.10. The third-order valence-electron chi connectivity index (χ3n) is 3.78. The highest BCUT2D eigenvalue weighted by atomic mass is 32.2. The van der Waals surface area contributed by atoms with E-state index in [-0.39, 0.29) is 10.9 Å². The smallest absolute Gasteiger partial charge is 0.337 e. The molecule has 0 aliphatic rings. The molecule has 2 amide bonds. The minimum absolute atomic E-state index is 0.0511. The lowest BCUT2D eigenvalue weighted by molar-refractivity contribution is 0.0600. The van der Waals surface area contributed by atoms with E-state index in [0.29, 0.717) is 25.1 Å². The van der Waals surface area contributed by atoms with Gasteiger partial charge in [-0.05, 0) is 41.8 Å². The third-order valence-corrected chi connectivity index (χ3v) is 4.71. The van der Waals surface area contributed by atoms with Crippen LogP contribution in [0.1, 0.15) is 21.5 Å². The maximum atomic E-state index is 11.8. The van der Waals surface area contributed by atoms with Crippen molar-refractivity contribution in [3.8, 4) is 0 Å². The number of hydrogen-bond donors (Lipinski definition) is 3. The lowest BCUT2D eigenvalue weighted by atomic mass is 10.1. The molecule has 0 aliphatic carbocycles. The summed E-state index contributed by atoms with van der Waals surface area (Å²) in [6, 6.07) is 12.6. The molecule has 4 N–H and O–H groups in total. The predicted molar refractivity (Wildman–Crippen MR) is 99.5 cm³/mol. The number of amides is 2. The number of rotatable bonds is 7. The van der Waals surface area contributed by atoms with E-state index in [1.54, 1.807) is 36.4 Å².